The van der Waals surface area contributed by atoms with Crippen LogP contribution >= 0.6 is 0 Å². The van der Waals surface area contributed by atoms with Crippen molar-refractivity contribution >= 4 is 8.07 Å². The van der Waals surface area contributed by atoms with E-state index in [-0.39, 0.29) is 0 Å². The van der Waals surface area contributed by atoms with Gasteiger partial charge in [0.25, 0.3) is 0 Å². The number of hydrogen-bond donors (Lipinski definition) is 0. The Bertz CT molecular complexity index is 181. The lowest BCUT2D eigenvalue weighted by Crippen LogP contribution is -2.43. The molecular formula is C13H27NSi. The molecule has 1 aliphatic rings. The Morgan fingerprint density at radius 1 is 1.07 bits per heavy atom. The van der Waals surface area contributed by atoms with Crippen LogP contribution in [0.25, 0.3) is 0 Å². The van der Waals surface area contributed by atoms with Crippen LogP contribution in [0.4, 0.5) is 0 Å². The van der Waals surface area contributed by atoms with Gasteiger partial charge in [-0.1, -0.05) is 38.4 Å². The smallest absolute Gasteiger partial charge is 0.0666 e. The molecule has 0 N–H and O–H groups in total. The Balaban J connectivity index is 2.36. The predicted molar refractivity (Wildman–Crippen MR) is 72.0 cm³/mol. The van der Waals surface area contributed by atoms with Gasteiger partial charge < -0.3 is 4.90 Å². The molecule has 0 aromatic carbocycles. The van der Waals surface area contributed by atoms with Crippen LogP contribution in [0.15, 0.2) is 12.7 Å². The lowest BCUT2D eigenvalue weighted by atomic mass is 10.1. The third kappa shape index (κ3) is 5.52. The average Bonchev–Trinajstić information content (AvgIpc) is 2.09. The predicted octanol–water partition coefficient (Wildman–Crippen LogP) is 3.69. The van der Waals surface area contributed by atoms with Crippen molar-refractivity contribution in [3.8, 4) is 0 Å². The van der Waals surface area contributed by atoms with Gasteiger partial charge in [-0.25, -0.2) is 0 Å². The van der Waals surface area contributed by atoms with Gasteiger partial charge in [0, 0.05) is 0 Å². The molecule has 15 heavy (non-hydrogen) atoms. The summed E-state index contributed by atoms with van der Waals surface area (Å²) < 4.78 is 0. The van der Waals surface area contributed by atoms with Gasteiger partial charge in [0.1, 0.15) is 0 Å². The highest BCUT2D eigenvalue weighted by molar-refractivity contribution is 6.77. The van der Waals surface area contributed by atoms with Crippen molar-refractivity contribution in [3.63, 3.8) is 0 Å². The number of hydrogen-bond acceptors (Lipinski definition) is 1. The van der Waals surface area contributed by atoms with E-state index in [1.165, 1.54) is 57.4 Å². The third-order valence-electron chi connectivity index (χ3n) is 3.30. The zero-order valence-electron chi connectivity index (χ0n) is 10.6. The first-order chi connectivity index (χ1) is 7.14. The van der Waals surface area contributed by atoms with E-state index < -0.39 is 8.07 Å². The molecule has 1 aliphatic heterocycles. The molecule has 1 heterocycles. The quantitative estimate of drug-likeness (QED) is 0.521. The summed E-state index contributed by atoms with van der Waals surface area (Å²) in [6.07, 6.45) is 10.7. The van der Waals surface area contributed by atoms with Gasteiger partial charge in [0.05, 0.1) is 8.07 Å². The van der Waals surface area contributed by atoms with Gasteiger partial charge in [-0.15, -0.1) is 6.58 Å². The maximum Gasteiger partial charge on any atom is 0.0666 e. The summed E-state index contributed by atoms with van der Waals surface area (Å²) >= 11 is 0. The molecule has 88 valence electrons. The molecule has 0 spiro atoms. The second kappa shape index (κ2) is 6.49. The van der Waals surface area contributed by atoms with Gasteiger partial charge in [0.2, 0.25) is 0 Å². The second-order valence-corrected chi connectivity index (χ2v) is 10.8. The zero-order valence-corrected chi connectivity index (χ0v) is 11.6. The van der Waals surface area contributed by atoms with E-state index >= 15 is 0 Å². The highest BCUT2D eigenvalue weighted by atomic mass is 28.3. The molecule has 1 fully saturated rings. The zero-order chi connectivity index (χ0) is 11.1. The first-order valence-corrected chi connectivity index (χ1v) is 9.89. The normalized spacial score (nSPS) is 20.7. The molecule has 0 saturated carbocycles. The molecule has 0 amide bonds. The lowest BCUT2D eigenvalue weighted by Gasteiger charge is -2.31. The standard InChI is InChI=1S/C13H27NSi/c1-4-12-15(2,3)13-14-10-8-6-5-7-9-11-14/h4H,1,5-13H2,2-3H3. The maximum atomic E-state index is 3.89. The van der Waals surface area contributed by atoms with Crippen molar-refractivity contribution in [3.05, 3.63) is 12.7 Å². The number of nitrogens with zero attached hydrogens (tertiary/aromatic N) is 1. The number of rotatable bonds is 4. The molecule has 1 rings (SSSR count). The van der Waals surface area contributed by atoms with Crippen molar-refractivity contribution < 1.29 is 0 Å². The molecule has 0 atom stereocenters. The van der Waals surface area contributed by atoms with E-state index in [4.69, 9.17) is 0 Å². The minimum atomic E-state index is -1.02. The summed E-state index contributed by atoms with van der Waals surface area (Å²) in [6.45, 7) is 11.6. The van der Waals surface area contributed by atoms with Crippen LogP contribution in [-0.2, 0) is 0 Å². The van der Waals surface area contributed by atoms with Gasteiger partial charge in [0.15, 0.2) is 0 Å². The Hall–Kier alpha value is -0.0831. The Kier molecular flexibility index (Phi) is 5.62. The van der Waals surface area contributed by atoms with Crippen molar-refractivity contribution in [2.45, 2.75) is 51.2 Å². The van der Waals surface area contributed by atoms with Crippen LogP contribution in [0, 0.1) is 0 Å². The monoisotopic (exact) mass is 225 g/mol. The summed E-state index contributed by atoms with van der Waals surface area (Å²) in [5.74, 6) is 0. The molecule has 0 aliphatic carbocycles. The Morgan fingerprint density at radius 3 is 2.13 bits per heavy atom. The van der Waals surface area contributed by atoms with Gasteiger partial charge in [-0.2, -0.15) is 0 Å². The van der Waals surface area contributed by atoms with Crippen LogP contribution in [0.1, 0.15) is 32.1 Å². The largest absolute Gasteiger partial charge is 0.306 e. The van der Waals surface area contributed by atoms with Crippen LogP contribution < -0.4 is 0 Å². The second-order valence-electron chi connectivity index (χ2n) is 5.70. The fourth-order valence-electron chi connectivity index (χ4n) is 2.53. The van der Waals surface area contributed by atoms with E-state index in [0.29, 0.717) is 0 Å². The molecule has 0 aromatic heterocycles. The van der Waals surface area contributed by atoms with E-state index in [2.05, 4.69) is 30.6 Å². The topological polar surface area (TPSA) is 3.24 Å². The van der Waals surface area contributed by atoms with Gasteiger partial charge in [-0.3, -0.25) is 0 Å². The van der Waals surface area contributed by atoms with E-state index in [9.17, 15) is 0 Å². The molecule has 0 unspecified atom stereocenters. The van der Waals surface area contributed by atoms with E-state index in [1.54, 1.807) is 0 Å². The molecule has 0 radical (unpaired) electrons. The molecule has 0 aromatic rings. The fourth-order valence-corrected chi connectivity index (χ4v) is 4.97. The summed E-state index contributed by atoms with van der Waals surface area (Å²) in [5, 5.41) is 0. The average molecular weight is 225 g/mol. The highest BCUT2D eigenvalue weighted by Crippen LogP contribution is 2.16. The van der Waals surface area contributed by atoms with Crippen LogP contribution in [-0.4, -0.2) is 32.2 Å². The van der Waals surface area contributed by atoms with Crippen LogP contribution in [0.3, 0.4) is 0 Å². The van der Waals surface area contributed by atoms with E-state index in [1.807, 2.05) is 0 Å². The molecule has 1 saturated heterocycles. The summed E-state index contributed by atoms with van der Waals surface area (Å²) in [7, 11) is -1.02. The van der Waals surface area contributed by atoms with Crippen molar-refractivity contribution in [2.24, 2.45) is 0 Å². The third-order valence-corrected chi connectivity index (χ3v) is 5.99. The van der Waals surface area contributed by atoms with Crippen LogP contribution in [0.5, 0.6) is 0 Å². The van der Waals surface area contributed by atoms with Gasteiger partial charge >= 0.3 is 0 Å². The van der Waals surface area contributed by atoms with Gasteiger partial charge in [-0.05, 0) is 38.1 Å². The maximum absolute atomic E-state index is 3.89. The summed E-state index contributed by atoms with van der Waals surface area (Å²) in [5.41, 5.74) is 0. The molecule has 1 nitrogen and oxygen atoms in total. The van der Waals surface area contributed by atoms with Crippen molar-refractivity contribution in [1.29, 1.82) is 0 Å². The SMILES string of the molecule is C=CC[Si](C)(C)CN1CCCCCCC1. The summed E-state index contributed by atoms with van der Waals surface area (Å²) in [6, 6.07) is 1.27. The molecular weight excluding hydrogens is 198 g/mol. The first-order valence-electron chi connectivity index (χ1n) is 6.47. The number of allylic oxidation sites excluding steroid dienone is 1. The fraction of sp³-hybridized carbons (Fsp3) is 0.846. The Morgan fingerprint density at radius 2 is 1.60 bits per heavy atom. The summed E-state index contributed by atoms with van der Waals surface area (Å²) in [4.78, 5) is 2.72. The Labute approximate surface area is 96.6 Å². The minimum Gasteiger partial charge on any atom is -0.306 e. The van der Waals surface area contributed by atoms with Crippen molar-refractivity contribution in [1.82, 2.24) is 4.90 Å². The van der Waals surface area contributed by atoms with E-state index in [0.717, 1.165) is 0 Å². The highest BCUT2D eigenvalue weighted by Gasteiger charge is 2.22. The lowest BCUT2D eigenvalue weighted by molar-refractivity contribution is 0.279. The van der Waals surface area contributed by atoms with Crippen LogP contribution in [0.2, 0.25) is 19.1 Å². The first kappa shape index (κ1) is 13.0. The van der Waals surface area contributed by atoms with Crippen molar-refractivity contribution in [2.75, 3.05) is 19.3 Å². The number of likely N-dealkylation sites (tertiary alicyclic amines) is 1. The minimum absolute atomic E-state index is 1.02. The molecule has 0 bridgehead atoms. The molecule has 2 heteroatoms.